The number of urea groups is 1. The van der Waals surface area contributed by atoms with Crippen LogP contribution in [0.1, 0.15) is 12.0 Å². The number of rotatable bonds is 3. The van der Waals surface area contributed by atoms with Crippen LogP contribution < -0.4 is 15.5 Å². The van der Waals surface area contributed by atoms with Gasteiger partial charge in [0, 0.05) is 17.9 Å². The van der Waals surface area contributed by atoms with E-state index in [1.54, 1.807) is 12.1 Å². The molecule has 3 rings (SSSR count). The second-order valence-corrected chi connectivity index (χ2v) is 5.52. The number of carbonyl (C=O) groups excluding carboxylic acids is 2. The molecule has 2 aromatic rings. The van der Waals surface area contributed by atoms with Gasteiger partial charge in [0.25, 0.3) is 0 Å². The smallest absolute Gasteiger partial charge is 0.325 e. The Morgan fingerprint density at radius 2 is 1.74 bits per heavy atom. The zero-order valence-electron chi connectivity index (χ0n) is 12.8. The Morgan fingerprint density at radius 1 is 1.00 bits per heavy atom. The highest BCUT2D eigenvalue weighted by atomic mass is 16.2. The molecule has 0 fully saturated rings. The number of imide groups is 1. The molecule has 0 unspecified atom stereocenters. The van der Waals surface area contributed by atoms with Gasteiger partial charge in [-0.3, -0.25) is 10.1 Å². The molecular formula is C18H19N3O2. The lowest BCUT2D eigenvalue weighted by atomic mass is 10.0. The zero-order valence-corrected chi connectivity index (χ0v) is 12.8. The van der Waals surface area contributed by atoms with Crippen LogP contribution in [0.5, 0.6) is 0 Å². The molecule has 0 aliphatic carbocycles. The van der Waals surface area contributed by atoms with Crippen LogP contribution in [-0.2, 0) is 11.2 Å². The number of amides is 3. The van der Waals surface area contributed by atoms with Crippen LogP contribution in [-0.4, -0.2) is 25.0 Å². The lowest BCUT2D eigenvalue weighted by Gasteiger charge is -2.30. The number of hydrogen-bond acceptors (Lipinski definition) is 3. The highest BCUT2D eigenvalue weighted by Gasteiger charge is 2.19. The van der Waals surface area contributed by atoms with E-state index in [-0.39, 0.29) is 12.5 Å². The summed E-state index contributed by atoms with van der Waals surface area (Å²) in [5, 5.41) is 5.02. The topological polar surface area (TPSA) is 61.4 Å². The average molecular weight is 309 g/mol. The van der Waals surface area contributed by atoms with Gasteiger partial charge in [-0.25, -0.2) is 4.79 Å². The minimum absolute atomic E-state index is 0.180. The normalized spacial score (nSPS) is 13.1. The number of nitrogens with one attached hydrogen (secondary N) is 2. The van der Waals surface area contributed by atoms with E-state index in [9.17, 15) is 9.59 Å². The average Bonchev–Trinajstić information content (AvgIpc) is 2.56. The van der Waals surface area contributed by atoms with Gasteiger partial charge in [0.1, 0.15) is 0 Å². The highest BCUT2D eigenvalue weighted by molar-refractivity contribution is 6.02. The number of carbonyl (C=O) groups is 2. The van der Waals surface area contributed by atoms with Crippen LogP contribution in [0.3, 0.4) is 0 Å². The largest absolute Gasteiger partial charge is 0.362 e. The molecule has 118 valence electrons. The third kappa shape index (κ3) is 3.88. The molecule has 5 heteroatoms. The lowest BCUT2D eigenvalue weighted by Crippen LogP contribution is -2.43. The number of para-hydroxylation sites is 2. The Kier molecular flexibility index (Phi) is 4.57. The van der Waals surface area contributed by atoms with Crippen LogP contribution in [0.2, 0.25) is 0 Å². The summed E-state index contributed by atoms with van der Waals surface area (Å²) >= 11 is 0. The molecule has 0 saturated heterocycles. The zero-order chi connectivity index (χ0) is 16.1. The van der Waals surface area contributed by atoms with Crippen molar-refractivity contribution in [1.29, 1.82) is 0 Å². The van der Waals surface area contributed by atoms with E-state index in [2.05, 4.69) is 16.7 Å². The Labute approximate surface area is 135 Å². The van der Waals surface area contributed by atoms with E-state index in [1.807, 2.05) is 41.3 Å². The summed E-state index contributed by atoms with van der Waals surface area (Å²) in [4.78, 5) is 26.0. The second-order valence-electron chi connectivity index (χ2n) is 5.52. The molecule has 1 aliphatic rings. The van der Waals surface area contributed by atoms with E-state index in [0.717, 1.165) is 25.1 Å². The minimum Gasteiger partial charge on any atom is -0.362 e. The van der Waals surface area contributed by atoms with Gasteiger partial charge in [0.2, 0.25) is 5.91 Å². The Morgan fingerprint density at radius 3 is 2.57 bits per heavy atom. The van der Waals surface area contributed by atoms with Gasteiger partial charge >= 0.3 is 6.03 Å². The van der Waals surface area contributed by atoms with Gasteiger partial charge < -0.3 is 10.2 Å². The molecule has 1 heterocycles. The molecule has 0 bridgehead atoms. The maximum Gasteiger partial charge on any atom is 0.325 e. The number of benzene rings is 2. The van der Waals surface area contributed by atoms with Crippen molar-refractivity contribution in [2.45, 2.75) is 12.8 Å². The first-order valence-electron chi connectivity index (χ1n) is 7.71. The second kappa shape index (κ2) is 6.96. The standard InChI is InChI=1S/C18H19N3O2/c22-17(20-18(23)19-15-9-2-1-3-10-15)13-21-12-6-8-14-7-4-5-11-16(14)21/h1-5,7,9-11H,6,8,12-13H2,(H2,19,20,22,23). The summed E-state index contributed by atoms with van der Waals surface area (Å²) in [5.41, 5.74) is 2.98. The Bertz CT molecular complexity index is 700. The molecule has 3 amide bonds. The lowest BCUT2D eigenvalue weighted by molar-refractivity contribution is -0.118. The van der Waals surface area contributed by atoms with Gasteiger partial charge in [-0.2, -0.15) is 0 Å². The highest BCUT2D eigenvalue weighted by Crippen LogP contribution is 2.26. The van der Waals surface area contributed by atoms with Crippen molar-refractivity contribution >= 4 is 23.3 Å². The molecule has 0 radical (unpaired) electrons. The van der Waals surface area contributed by atoms with Crippen LogP contribution in [0.25, 0.3) is 0 Å². The van der Waals surface area contributed by atoms with Crippen molar-refractivity contribution in [1.82, 2.24) is 5.32 Å². The third-order valence-corrected chi connectivity index (χ3v) is 3.83. The Balaban J connectivity index is 1.57. The van der Waals surface area contributed by atoms with Gasteiger partial charge in [-0.1, -0.05) is 36.4 Å². The van der Waals surface area contributed by atoms with Crippen molar-refractivity contribution in [3.63, 3.8) is 0 Å². The fourth-order valence-electron chi connectivity index (χ4n) is 2.80. The maximum atomic E-state index is 12.1. The van der Waals surface area contributed by atoms with E-state index in [1.165, 1.54) is 5.56 Å². The minimum atomic E-state index is -0.508. The summed E-state index contributed by atoms with van der Waals surface area (Å²) in [6.07, 6.45) is 2.04. The molecule has 23 heavy (non-hydrogen) atoms. The fraction of sp³-hybridized carbons (Fsp3) is 0.222. The number of aryl methyl sites for hydroxylation is 1. The SMILES string of the molecule is O=C(CN1CCCc2ccccc21)NC(=O)Nc1ccccc1. The third-order valence-electron chi connectivity index (χ3n) is 3.83. The molecule has 5 nitrogen and oxygen atoms in total. The van der Waals surface area contributed by atoms with Crippen molar-refractivity contribution in [3.8, 4) is 0 Å². The molecule has 2 aromatic carbocycles. The number of nitrogens with zero attached hydrogens (tertiary/aromatic N) is 1. The first-order chi connectivity index (χ1) is 11.2. The predicted octanol–water partition coefficient (Wildman–Crippen LogP) is 2.79. The molecule has 1 aliphatic heterocycles. The summed E-state index contributed by atoms with van der Waals surface area (Å²) in [7, 11) is 0. The van der Waals surface area contributed by atoms with E-state index in [4.69, 9.17) is 0 Å². The number of fused-ring (bicyclic) bond motifs is 1. The quantitative estimate of drug-likeness (QED) is 0.916. The first-order valence-corrected chi connectivity index (χ1v) is 7.71. The molecule has 0 spiro atoms. The van der Waals surface area contributed by atoms with Crippen LogP contribution in [0.4, 0.5) is 16.2 Å². The van der Waals surface area contributed by atoms with Crippen molar-refractivity contribution in [2.24, 2.45) is 0 Å². The van der Waals surface area contributed by atoms with E-state index >= 15 is 0 Å². The number of anilines is 2. The number of hydrogen-bond donors (Lipinski definition) is 2. The summed E-state index contributed by atoms with van der Waals surface area (Å²) in [6.45, 7) is 1.00. The van der Waals surface area contributed by atoms with Crippen molar-refractivity contribution in [2.75, 3.05) is 23.3 Å². The van der Waals surface area contributed by atoms with Crippen molar-refractivity contribution < 1.29 is 9.59 Å². The van der Waals surface area contributed by atoms with E-state index in [0.29, 0.717) is 5.69 Å². The maximum absolute atomic E-state index is 12.1. The van der Waals surface area contributed by atoms with Gasteiger partial charge in [0.15, 0.2) is 0 Å². The van der Waals surface area contributed by atoms with Crippen LogP contribution in [0.15, 0.2) is 54.6 Å². The van der Waals surface area contributed by atoms with Gasteiger partial charge in [-0.05, 0) is 36.6 Å². The first kappa shape index (κ1) is 15.1. The van der Waals surface area contributed by atoms with Crippen LogP contribution in [0, 0.1) is 0 Å². The monoisotopic (exact) mass is 309 g/mol. The molecule has 0 saturated carbocycles. The molecular weight excluding hydrogens is 290 g/mol. The summed E-state index contributed by atoms with van der Waals surface area (Å²) < 4.78 is 0. The fourth-order valence-corrected chi connectivity index (χ4v) is 2.80. The molecule has 2 N–H and O–H groups in total. The summed E-state index contributed by atoms with van der Waals surface area (Å²) in [5.74, 6) is -0.310. The van der Waals surface area contributed by atoms with Gasteiger partial charge in [-0.15, -0.1) is 0 Å². The van der Waals surface area contributed by atoms with Crippen LogP contribution >= 0.6 is 0 Å². The van der Waals surface area contributed by atoms with Crippen molar-refractivity contribution in [3.05, 3.63) is 60.2 Å². The Hall–Kier alpha value is -2.82. The predicted molar refractivity (Wildman–Crippen MR) is 90.6 cm³/mol. The molecule has 0 aromatic heterocycles. The van der Waals surface area contributed by atoms with E-state index < -0.39 is 6.03 Å². The molecule has 0 atom stereocenters. The summed E-state index contributed by atoms with van der Waals surface area (Å²) in [6, 6.07) is 16.6. The van der Waals surface area contributed by atoms with Gasteiger partial charge in [0.05, 0.1) is 6.54 Å².